The minimum absolute atomic E-state index is 0.0411. The van der Waals surface area contributed by atoms with E-state index in [0.29, 0.717) is 0 Å². The maximum atomic E-state index is 12.9. The van der Waals surface area contributed by atoms with Gasteiger partial charge in [0, 0.05) is 6.07 Å². The third kappa shape index (κ3) is 3.21. The van der Waals surface area contributed by atoms with E-state index in [2.05, 4.69) is 9.97 Å². The second kappa shape index (κ2) is 7.47. The minimum atomic E-state index is -1.44. The molecule has 162 valence electrons. The van der Waals surface area contributed by atoms with Crippen LogP contribution in [0.25, 0.3) is 16.9 Å². The van der Waals surface area contributed by atoms with Crippen molar-refractivity contribution in [1.29, 1.82) is 0 Å². The first-order chi connectivity index (χ1) is 14.7. The molecule has 0 unspecified atom stereocenters. The zero-order valence-corrected chi connectivity index (χ0v) is 15.4. The fraction of sp³-hybridized carbons (Fsp3) is 0.312. The molecule has 31 heavy (non-hydrogen) atoms. The number of hydrogen-bond acceptors (Lipinski definition) is 11. The lowest BCUT2D eigenvalue weighted by atomic mass is 10.1. The smallest absolute Gasteiger partial charge is 0.300 e. The first-order valence-corrected chi connectivity index (χ1v) is 8.74. The Kier molecular flexibility index (Phi) is 4.94. The number of nitro benzene ring substituents is 2. The van der Waals surface area contributed by atoms with E-state index >= 15 is 0 Å². The molecule has 15 nitrogen and oxygen atoms in total. The molecule has 0 radical (unpaired) electrons. The summed E-state index contributed by atoms with van der Waals surface area (Å²) in [7, 11) is 0. The van der Waals surface area contributed by atoms with Crippen molar-refractivity contribution in [1.82, 2.24) is 19.1 Å². The van der Waals surface area contributed by atoms with E-state index in [9.17, 15) is 40.3 Å². The van der Waals surface area contributed by atoms with Crippen LogP contribution in [0.15, 0.2) is 35.6 Å². The van der Waals surface area contributed by atoms with Gasteiger partial charge in [-0.3, -0.25) is 34.2 Å². The van der Waals surface area contributed by atoms with Gasteiger partial charge in [-0.15, -0.1) is 0 Å². The molecule has 0 spiro atoms. The molecule has 1 saturated heterocycles. The van der Waals surface area contributed by atoms with E-state index in [0.717, 1.165) is 35.4 Å². The number of hydrogen-bond donors (Lipinski definition) is 3. The maximum absolute atomic E-state index is 12.9. The van der Waals surface area contributed by atoms with Crippen LogP contribution in [0.4, 0.5) is 11.4 Å². The number of rotatable bonds is 5. The van der Waals surface area contributed by atoms with Gasteiger partial charge in [0.15, 0.2) is 17.4 Å². The van der Waals surface area contributed by atoms with Gasteiger partial charge in [-0.1, -0.05) is 0 Å². The predicted molar refractivity (Wildman–Crippen MR) is 99.4 cm³/mol. The summed E-state index contributed by atoms with van der Waals surface area (Å²) in [6.45, 7) is -0.550. The first-order valence-electron chi connectivity index (χ1n) is 8.74. The van der Waals surface area contributed by atoms with Gasteiger partial charge in [-0.25, -0.2) is 9.97 Å². The Morgan fingerprint density at radius 3 is 2.45 bits per heavy atom. The van der Waals surface area contributed by atoms with Crippen molar-refractivity contribution in [2.45, 2.75) is 24.5 Å². The SMILES string of the molecule is O=c1c2ncn([C@@H]3O[C@H](CO)[C@@H](O)[C@H]3O)c2ncn1-c1ccc([N+](=O)[O-])cc1[N+](=O)[O-]. The van der Waals surface area contributed by atoms with Crippen LogP contribution < -0.4 is 5.56 Å². The van der Waals surface area contributed by atoms with E-state index in [1.165, 1.54) is 4.57 Å². The van der Waals surface area contributed by atoms with Crippen molar-refractivity contribution in [2.24, 2.45) is 0 Å². The van der Waals surface area contributed by atoms with Crippen molar-refractivity contribution < 1.29 is 29.9 Å². The van der Waals surface area contributed by atoms with Crippen molar-refractivity contribution in [3.63, 3.8) is 0 Å². The number of imidazole rings is 1. The van der Waals surface area contributed by atoms with Crippen LogP contribution in [0, 0.1) is 20.2 Å². The topological polar surface area (TPSA) is 209 Å². The number of benzene rings is 1. The van der Waals surface area contributed by atoms with Gasteiger partial charge in [0.25, 0.3) is 16.9 Å². The molecule has 1 fully saturated rings. The summed E-state index contributed by atoms with van der Waals surface area (Å²) in [5, 5.41) is 51.6. The molecule has 1 aliphatic rings. The lowest BCUT2D eigenvalue weighted by molar-refractivity contribution is -0.394. The van der Waals surface area contributed by atoms with Gasteiger partial charge >= 0.3 is 0 Å². The summed E-state index contributed by atoms with van der Waals surface area (Å²) >= 11 is 0. The molecule has 1 aliphatic heterocycles. The van der Waals surface area contributed by atoms with Crippen LogP contribution in [0.3, 0.4) is 0 Å². The summed E-state index contributed by atoms with van der Waals surface area (Å²) in [6, 6.07) is 2.79. The lowest BCUT2D eigenvalue weighted by Gasteiger charge is -2.16. The number of nitrogens with zero attached hydrogens (tertiary/aromatic N) is 6. The molecule has 3 heterocycles. The molecule has 2 aromatic heterocycles. The molecule has 3 N–H and O–H groups in total. The van der Waals surface area contributed by atoms with E-state index in [-0.39, 0.29) is 16.9 Å². The summed E-state index contributed by atoms with van der Waals surface area (Å²) in [5.41, 5.74) is -2.54. The average Bonchev–Trinajstić information content (AvgIpc) is 3.29. The molecule has 0 saturated carbocycles. The van der Waals surface area contributed by atoms with Gasteiger partial charge in [0.05, 0.1) is 28.8 Å². The zero-order chi connectivity index (χ0) is 22.4. The van der Waals surface area contributed by atoms with E-state index in [1.807, 2.05) is 0 Å². The molecule has 3 aromatic rings. The summed E-state index contributed by atoms with van der Waals surface area (Å²) in [6.07, 6.45) is -2.95. The molecule has 15 heteroatoms. The molecule has 4 rings (SSSR count). The molecular weight excluding hydrogens is 420 g/mol. The van der Waals surface area contributed by atoms with Gasteiger partial charge in [0.2, 0.25) is 0 Å². The fourth-order valence-electron chi connectivity index (χ4n) is 3.36. The first kappa shape index (κ1) is 20.5. The number of nitro groups is 2. The van der Waals surface area contributed by atoms with E-state index in [1.54, 1.807) is 0 Å². The molecule has 0 amide bonds. The highest BCUT2D eigenvalue weighted by Crippen LogP contribution is 2.31. The van der Waals surface area contributed by atoms with Crippen LogP contribution in [0.1, 0.15) is 6.23 Å². The standard InChI is InChI=1S/C16H14N6O9/c23-4-10-12(24)13(25)16(31-10)20-5-17-11-14(20)18-6-19(15(11)26)8-2-1-7(21(27)28)3-9(8)22(29)30/h1-3,5-6,10,12-13,16,23-25H,4H2/t10-,12-,13-,16-/m1/s1. The third-order valence-electron chi connectivity index (χ3n) is 4.90. The Bertz CT molecular complexity index is 1250. The monoisotopic (exact) mass is 434 g/mol. The van der Waals surface area contributed by atoms with Crippen molar-refractivity contribution >= 4 is 22.5 Å². The molecule has 4 atom stereocenters. The predicted octanol–water partition coefficient (Wildman–Crippen LogP) is -0.990. The number of aliphatic hydroxyl groups is 3. The number of ether oxygens (including phenoxy) is 1. The van der Waals surface area contributed by atoms with E-state index < -0.39 is 57.9 Å². The lowest BCUT2D eigenvalue weighted by Crippen LogP contribution is -2.33. The summed E-state index contributed by atoms with van der Waals surface area (Å²) in [5.74, 6) is 0. The second-order valence-corrected chi connectivity index (χ2v) is 6.66. The maximum Gasteiger partial charge on any atom is 0.300 e. The Morgan fingerprint density at radius 2 is 1.84 bits per heavy atom. The molecule has 0 bridgehead atoms. The Labute approximate surface area is 170 Å². The quantitative estimate of drug-likeness (QED) is 0.328. The van der Waals surface area contributed by atoms with Gasteiger partial charge < -0.3 is 20.1 Å². The van der Waals surface area contributed by atoms with Crippen molar-refractivity contribution in [3.05, 3.63) is 61.4 Å². The highest BCUT2D eigenvalue weighted by molar-refractivity contribution is 5.70. The van der Waals surface area contributed by atoms with E-state index in [4.69, 9.17) is 4.74 Å². The Hall–Kier alpha value is -3.79. The largest absolute Gasteiger partial charge is 0.394 e. The number of aromatic nitrogens is 4. The minimum Gasteiger partial charge on any atom is -0.394 e. The van der Waals surface area contributed by atoms with Gasteiger partial charge in [-0.2, -0.15) is 0 Å². The number of fused-ring (bicyclic) bond motifs is 1. The van der Waals surface area contributed by atoms with Crippen molar-refractivity contribution in [2.75, 3.05) is 6.61 Å². The number of non-ortho nitro benzene ring substituents is 1. The van der Waals surface area contributed by atoms with Crippen LogP contribution in [-0.2, 0) is 4.74 Å². The fourth-order valence-corrected chi connectivity index (χ4v) is 3.36. The van der Waals surface area contributed by atoms with Gasteiger partial charge in [0.1, 0.15) is 30.3 Å². The zero-order valence-electron chi connectivity index (χ0n) is 15.4. The Balaban J connectivity index is 1.82. The van der Waals surface area contributed by atoms with Gasteiger partial charge in [-0.05, 0) is 6.07 Å². The highest BCUT2D eigenvalue weighted by Gasteiger charge is 2.44. The number of aliphatic hydroxyl groups excluding tert-OH is 3. The third-order valence-corrected chi connectivity index (χ3v) is 4.90. The van der Waals surface area contributed by atoms with Crippen molar-refractivity contribution in [3.8, 4) is 5.69 Å². The summed E-state index contributed by atoms with van der Waals surface area (Å²) in [4.78, 5) is 41.5. The normalized spacial score (nSPS) is 23.3. The molecular formula is C16H14N6O9. The Morgan fingerprint density at radius 1 is 1.10 bits per heavy atom. The van der Waals surface area contributed by atoms with Crippen LogP contribution >= 0.6 is 0 Å². The summed E-state index contributed by atoms with van der Waals surface area (Å²) < 4.78 is 7.41. The second-order valence-electron chi connectivity index (χ2n) is 6.66. The van der Waals surface area contributed by atoms with Crippen LogP contribution in [-0.4, -0.2) is 69.2 Å². The molecule has 1 aromatic carbocycles. The van der Waals surface area contributed by atoms with Crippen LogP contribution in [0.2, 0.25) is 0 Å². The molecule has 0 aliphatic carbocycles. The highest BCUT2D eigenvalue weighted by atomic mass is 16.6. The average molecular weight is 434 g/mol. The van der Waals surface area contributed by atoms with Crippen LogP contribution in [0.5, 0.6) is 0 Å².